The number of fused-ring (bicyclic) bond motifs is 3. The van der Waals surface area contributed by atoms with Crippen LogP contribution in [0.2, 0.25) is 0 Å². The highest BCUT2D eigenvalue weighted by Gasteiger charge is 2.42. The summed E-state index contributed by atoms with van der Waals surface area (Å²) >= 11 is 0. The standard InChI is InChI=1S/C15H22N4O/c1-2-3-5-15(17-18-15)6-4-13(20)16-14-7-10-19(11-8-14)12-9-14/h1H,3-12H2,(H,16,20). The summed E-state index contributed by atoms with van der Waals surface area (Å²) in [5.41, 5.74) is -0.271. The van der Waals surface area contributed by atoms with E-state index in [0.717, 1.165) is 45.3 Å². The summed E-state index contributed by atoms with van der Waals surface area (Å²) in [6, 6.07) is 0. The number of terminal acetylenes is 1. The maximum absolute atomic E-state index is 12.2. The van der Waals surface area contributed by atoms with Crippen molar-refractivity contribution < 1.29 is 4.79 Å². The molecule has 4 aliphatic rings. The molecule has 4 rings (SSSR count). The van der Waals surface area contributed by atoms with Crippen molar-refractivity contribution in [3.63, 3.8) is 0 Å². The maximum Gasteiger partial charge on any atom is 0.220 e. The van der Waals surface area contributed by atoms with Gasteiger partial charge in [-0.25, -0.2) is 0 Å². The first-order valence-electron chi connectivity index (χ1n) is 7.56. The highest BCUT2D eigenvalue weighted by atomic mass is 16.1. The third-order valence-electron chi connectivity index (χ3n) is 4.93. The monoisotopic (exact) mass is 274 g/mol. The van der Waals surface area contributed by atoms with Crippen molar-refractivity contribution in [3.05, 3.63) is 0 Å². The van der Waals surface area contributed by atoms with Gasteiger partial charge in [-0.2, -0.15) is 10.2 Å². The van der Waals surface area contributed by atoms with Gasteiger partial charge in [0.15, 0.2) is 5.66 Å². The topological polar surface area (TPSA) is 57.1 Å². The average Bonchev–Trinajstić information content (AvgIpc) is 3.25. The first-order chi connectivity index (χ1) is 9.65. The molecule has 20 heavy (non-hydrogen) atoms. The van der Waals surface area contributed by atoms with E-state index in [2.05, 4.69) is 26.4 Å². The number of amides is 1. The van der Waals surface area contributed by atoms with Crippen LogP contribution in [-0.2, 0) is 4.79 Å². The predicted octanol–water partition coefficient (Wildman–Crippen LogP) is 1.70. The molecular formula is C15H22N4O. The van der Waals surface area contributed by atoms with Crippen LogP contribution in [0.5, 0.6) is 0 Å². The Balaban J connectivity index is 1.45. The molecule has 2 bridgehead atoms. The highest BCUT2D eigenvalue weighted by Crippen LogP contribution is 2.38. The fraction of sp³-hybridized carbons (Fsp3) is 0.800. The Bertz CT molecular complexity index is 437. The van der Waals surface area contributed by atoms with Gasteiger partial charge in [0, 0.05) is 50.9 Å². The minimum Gasteiger partial charge on any atom is -0.351 e. The number of piperidine rings is 3. The third kappa shape index (κ3) is 2.85. The van der Waals surface area contributed by atoms with Gasteiger partial charge in [0.2, 0.25) is 5.91 Å². The smallest absolute Gasteiger partial charge is 0.220 e. The molecule has 0 saturated carbocycles. The molecule has 1 amide bonds. The molecule has 5 nitrogen and oxygen atoms in total. The van der Waals surface area contributed by atoms with E-state index in [1.165, 1.54) is 0 Å². The second-order valence-electron chi connectivity index (χ2n) is 6.31. The largest absolute Gasteiger partial charge is 0.351 e. The lowest BCUT2D eigenvalue weighted by Gasteiger charge is -2.48. The molecule has 3 saturated heterocycles. The van der Waals surface area contributed by atoms with Crippen LogP contribution in [0.15, 0.2) is 10.2 Å². The van der Waals surface area contributed by atoms with Crippen molar-refractivity contribution >= 4 is 5.91 Å². The van der Waals surface area contributed by atoms with Gasteiger partial charge >= 0.3 is 0 Å². The number of hydrogen-bond donors (Lipinski definition) is 1. The van der Waals surface area contributed by atoms with E-state index in [-0.39, 0.29) is 17.1 Å². The SMILES string of the molecule is C#CCCC1(CCC(=O)NC23CCN(CC2)CC3)N=N1. The van der Waals surface area contributed by atoms with E-state index in [9.17, 15) is 4.79 Å². The van der Waals surface area contributed by atoms with Gasteiger partial charge in [-0.15, -0.1) is 12.3 Å². The van der Waals surface area contributed by atoms with E-state index in [0.29, 0.717) is 19.3 Å². The number of nitrogens with one attached hydrogen (secondary N) is 1. The summed E-state index contributed by atoms with van der Waals surface area (Å²) in [4.78, 5) is 14.7. The Kier molecular flexibility index (Phi) is 3.51. The van der Waals surface area contributed by atoms with Gasteiger partial charge in [-0.3, -0.25) is 4.79 Å². The second-order valence-corrected chi connectivity index (χ2v) is 6.31. The van der Waals surface area contributed by atoms with Crippen LogP contribution in [0.1, 0.15) is 44.9 Å². The molecule has 0 atom stereocenters. The van der Waals surface area contributed by atoms with Gasteiger partial charge in [-0.1, -0.05) is 0 Å². The summed E-state index contributed by atoms with van der Waals surface area (Å²) in [6.45, 7) is 3.37. The van der Waals surface area contributed by atoms with Gasteiger partial charge in [0.25, 0.3) is 0 Å². The predicted molar refractivity (Wildman–Crippen MR) is 76.1 cm³/mol. The Labute approximate surface area is 120 Å². The third-order valence-corrected chi connectivity index (χ3v) is 4.93. The van der Waals surface area contributed by atoms with Crippen LogP contribution >= 0.6 is 0 Å². The van der Waals surface area contributed by atoms with Crippen LogP contribution in [0.25, 0.3) is 0 Å². The highest BCUT2D eigenvalue weighted by molar-refractivity contribution is 5.77. The Hall–Kier alpha value is -1.41. The molecule has 0 aliphatic carbocycles. The maximum atomic E-state index is 12.2. The fourth-order valence-electron chi connectivity index (χ4n) is 3.35. The Morgan fingerprint density at radius 2 is 1.85 bits per heavy atom. The Morgan fingerprint density at radius 3 is 2.40 bits per heavy atom. The molecule has 5 heteroatoms. The van der Waals surface area contributed by atoms with E-state index in [4.69, 9.17) is 6.42 Å². The summed E-state index contributed by atoms with van der Waals surface area (Å²) in [7, 11) is 0. The lowest BCUT2D eigenvalue weighted by molar-refractivity contribution is -0.125. The summed E-state index contributed by atoms with van der Waals surface area (Å²) in [5.74, 6) is 2.76. The number of carbonyl (C=O) groups excluding carboxylic acids is 1. The van der Waals surface area contributed by atoms with Crippen LogP contribution in [0, 0.1) is 12.3 Å². The van der Waals surface area contributed by atoms with Crippen molar-refractivity contribution in [2.45, 2.75) is 56.1 Å². The zero-order chi connectivity index (χ0) is 14.1. The Morgan fingerprint density at radius 1 is 1.20 bits per heavy atom. The van der Waals surface area contributed by atoms with Crippen LogP contribution < -0.4 is 5.32 Å². The van der Waals surface area contributed by atoms with Gasteiger partial charge < -0.3 is 10.2 Å². The first kappa shape index (κ1) is 13.6. The second kappa shape index (κ2) is 5.17. The molecule has 0 unspecified atom stereocenters. The molecule has 108 valence electrons. The van der Waals surface area contributed by atoms with Crippen molar-refractivity contribution in [2.24, 2.45) is 10.2 Å². The van der Waals surface area contributed by atoms with Gasteiger partial charge in [-0.05, 0) is 19.3 Å². The zero-order valence-corrected chi connectivity index (χ0v) is 11.9. The summed E-state index contributed by atoms with van der Waals surface area (Å²) in [5, 5.41) is 11.4. The summed E-state index contributed by atoms with van der Waals surface area (Å²) in [6.07, 6.45) is 11.2. The molecule has 3 fully saturated rings. The van der Waals surface area contributed by atoms with Crippen molar-refractivity contribution in [1.82, 2.24) is 10.2 Å². The van der Waals surface area contributed by atoms with E-state index < -0.39 is 0 Å². The molecular weight excluding hydrogens is 252 g/mol. The van der Waals surface area contributed by atoms with E-state index >= 15 is 0 Å². The van der Waals surface area contributed by atoms with Gasteiger partial charge in [0.1, 0.15) is 0 Å². The minimum absolute atomic E-state index is 0.0651. The molecule has 0 aromatic heterocycles. The molecule has 0 spiro atoms. The first-order valence-corrected chi connectivity index (χ1v) is 7.56. The normalized spacial score (nSPS) is 32.6. The van der Waals surface area contributed by atoms with Crippen molar-refractivity contribution in [2.75, 3.05) is 19.6 Å². The zero-order valence-electron chi connectivity index (χ0n) is 11.9. The minimum atomic E-state index is -0.336. The van der Waals surface area contributed by atoms with Crippen molar-refractivity contribution in [3.8, 4) is 12.3 Å². The van der Waals surface area contributed by atoms with Crippen LogP contribution in [0.4, 0.5) is 0 Å². The van der Waals surface area contributed by atoms with Crippen molar-refractivity contribution in [1.29, 1.82) is 0 Å². The molecule has 1 N–H and O–H groups in total. The summed E-state index contributed by atoms with van der Waals surface area (Å²) < 4.78 is 0. The number of carbonyl (C=O) groups is 1. The molecule has 4 aliphatic heterocycles. The number of hydrogen-bond acceptors (Lipinski definition) is 4. The molecule has 0 radical (unpaired) electrons. The van der Waals surface area contributed by atoms with Crippen LogP contribution in [0.3, 0.4) is 0 Å². The average molecular weight is 274 g/mol. The molecule has 0 aromatic carbocycles. The number of nitrogens with zero attached hydrogens (tertiary/aromatic N) is 3. The molecule has 0 aromatic rings. The molecule has 4 heterocycles. The lowest BCUT2D eigenvalue weighted by atomic mass is 9.80. The van der Waals surface area contributed by atoms with E-state index in [1.54, 1.807) is 0 Å². The fourth-order valence-corrected chi connectivity index (χ4v) is 3.35. The van der Waals surface area contributed by atoms with Crippen LogP contribution in [-0.4, -0.2) is 41.6 Å². The van der Waals surface area contributed by atoms with E-state index in [1.807, 2.05) is 0 Å². The lowest BCUT2D eigenvalue weighted by Crippen LogP contribution is -2.61. The quantitative estimate of drug-likeness (QED) is 0.749. The number of rotatable bonds is 6. The van der Waals surface area contributed by atoms with Gasteiger partial charge in [0.05, 0.1) is 0 Å².